The minimum absolute atomic E-state index is 0.186. The van der Waals surface area contributed by atoms with E-state index in [4.69, 9.17) is 4.74 Å². The van der Waals surface area contributed by atoms with Crippen molar-refractivity contribution in [2.24, 2.45) is 5.41 Å². The average molecular weight is 714 g/mol. The Bertz CT molecular complexity index is 1820. The summed E-state index contributed by atoms with van der Waals surface area (Å²) < 4.78 is 119. The molecule has 4 bridgehead atoms. The molecule has 5 rings (SSSR count). The van der Waals surface area contributed by atoms with E-state index in [0.717, 1.165) is 22.1 Å². The van der Waals surface area contributed by atoms with Gasteiger partial charge in [-0.15, -0.1) is 0 Å². The first-order valence-corrected chi connectivity index (χ1v) is 17.0. The van der Waals surface area contributed by atoms with E-state index in [9.17, 15) is 39.6 Å². The van der Waals surface area contributed by atoms with Gasteiger partial charge < -0.3 is 9.64 Å². The van der Waals surface area contributed by atoms with Gasteiger partial charge >= 0.3 is 12.4 Å². The van der Waals surface area contributed by atoms with Gasteiger partial charge in [-0.2, -0.15) is 31.3 Å². The van der Waals surface area contributed by atoms with Gasteiger partial charge in [-0.25, -0.2) is 18.1 Å². The van der Waals surface area contributed by atoms with Crippen LogP contribution in [0.15, 0.2) is 53.4 Å². The van der Waals surface area contributed by atoms with Gasteiger partial charge in [0.1, 0.15) is 6.61 Å². The van der Waals surface area contributed by atoms with E-state index < -0.39 is 71.4 Å². The molecule has 266 valence electrons. The van der Waals surface area contributed by atoms with Crippen LogP contribution in [0.3, 0.4) is 0 Å². The molecule has 1 amide bonds. The predicted molar refractivity (Wildman–Crippen MR) is 169 cm³/mol. The van der Waals surface area contributed by atoms with Crippen LogP contribution in [-0.2, 0) is 10.0 Å². The Labute approximate surface area is 280 Å². The smallest absolute Gasteiger partial charge is 0.394 e. The van der Waals surface area contributed by atoms with E-state index >= 15 is 0 Å². The van der Waals surface area contributed by atoms with Crippen molar-refractivity contribution in [2.75, 3.05) is 24.9 Å². The molecule has 3 aromatic rings. The van der Waals surface area contributed by atoms with Crippen molar-refractivity contribution in [2.45, 2.75) is 82.3 Å². The molecule has 0 unspecified atom stereocenters. The third-order valence-electron chi connectivity index (χ3n) is 9.40. The number of hydrogen-bond acceptors (Lipinski definition) is 7. The molecule has 1 aromatic heterocycles. The van der Waals surface area contributed by atoms with Crippen LogP contribution in [0.4, 0.5) is 32.3 Å². The summed E-state index contributed by atoms with van der Waals surface area (Å²) in [5.41, 5.74) is -1.47. The van der Waals surface area contributed by atoms with Crippen molar-refractivity contribution in [1.82, 2.24) is 19.8 Å². The highest BCUT2D eigenvalue weighted by molar-refractivity contribution is 7.92. The number of nitrogens with one attached hydrogen (secondary N) is 1. The van der Waals surface area contributed by atoms with Gasteiger partial charge in [0.25, 0.3) is 15.9 Å². The van der Waals surface area contributed by atoms with Crippen molar-refractivity contribution in [3.63, 3.8) is 0 Å². The zero-order chi connectivity index (χ0) is 36.2. The normalized spacial score (nSPS) is 19.3. The van der Waals surface area contributed by atoms with E-state index in [1.807, 2.05) is 32.0 Å². The van der Waals surface area contributed by atoms with E-state index in [-0.39, 0.29) is 40.8 Å². The van der Waals surface area contributed by atoms with Gasteiger partial charge in [-0.3, -0.25) is 9.69 Å². The second kappa shape index (κ2) is 12.8. The van der Waals surface area contributed by atoms with Crippen LogP contribution >= 0.6 is 0 Å². The number of carbonyl (C=O) groups excluding carboxylic acids is 1. The molecule has 1 saturated carbocycles. The summed E-state index contributed by atoms with van der Waals surface area (Å²) in [4.78, 5) is 25.1. The van der Waals surface area contributed by atoms with E-state index in [2.05, 4.69) is 14.7 Å². The summed E-state index contributed by atoms with van der Waals surface area (Å²) >= 11 is 0. The molecule has 0 saturated heterocycles. The highest BCUT2D eigenvalue weighted by Gasteiger charge is 2.64. The highest BCUT2D eigenvalue weighted by Crippen LogP contribution is 2.61. The Kier molecular flexibility index (Phi) is 9.47. The molecular formula is C33H37F6N5O4S. The first kappa shape index (κ1) is 36.4. The van der Waals surface area contributed by atoms with Gasteiger partial charge in [0.15, 0.2) is 0 Å². The molecule has 1 atom stereocenters. The minimum atomic E-state index is -4.63. The number of alkyl halides is 6. The summed E-state index contributed by atoms with van der Waals surface area (Å²) in [6.07, 6.45) is -11.4. The molecule has 2 aromatic carbocycles. The Hall–Kier alpha value is -3.92. The Morgan fingerprint density at radius 3 is 2.22 bits per heavy atom. The number of hydrogen-bond donors (Lipinski definition) is 1. The number of rotatable bonds is 7. The largest absolute Gasteiger partial charge is 0.475 e. The van der Waals surface area contributed by atoms with Gasteiger partial charge in [-0.1, -0.05) is 24.3 Å². The number of carbonyl (C=O) groups is 1. The number of halogens is 6. The van der Waals surface area contributed by atoms with Crippen LogP contribution in [-0.4, -0.2) is 78.3 Å². The number of aryl methyl sites for hydroxylation is 2. The summed E-state index contributed by atoms with van der Waals surface area (Å²) in [6, 6.07) is 10.4. The van der Waals surface area contributed by atoms with Crippen LogP contribution in [0.1, 0.15) is 61.0 Å². The lowest BCUT2D eigenvalue weighted by Gasteiger charge is -2.49. The molecule has 1 aliphatic heterocycles. The van der Waals surface area contributed by atoms with E-state index in [0.29, 0.717) is 5.56 Å². The molecule has 1 fully saturated rings. The van der Waals surface area contributed by atoms with Gasteiger partial charge in [-0.05, 0) is 83.3 Å². The Morgan fingerprint density at radius 1 is 1.00 bits per heavy atom. The second-order valence-corrected chi connectivity index (χ2v) is 14.9. The van der Waals surface area contributed by atoms with Crippen LogP contribution < -0.4 is 9.46 Å². The summed E-state index contributed by atoms with van der Waals surface area (Å²) in [5, 5.41) is 0. The topological polar surface area (TPSA) is 105 Å². The second-order valence-electron chi connectivity index (χ2n) is 13.2. The highest BCUT2D eigenvalue weighted by atomic mass is 32.2. The van der Waals surface area contributed by atoms with Crippen LogP contribution in [0.2, 0.25) is 0 Å². The van der Waals surface area contributed by atoms with Crippen molar-refractivity contribution in [1.29, 1.82) is 0 Å². The summed E-state index contributed by atoms with van der Waals surface area (Å²) in [5.74, 6) is -1.45. The van der Waals surface area contributed by atoms with Crippen molar-refractivity contribution >= 4 is 21.9 Å². The van der Waals surface area contributed by atoms with Crippen molar-refractivity contribution in [3.05, 3.63) is 65.2 Å². The molecular weight excluding hydrogens is 676 g/mol. The zero-order valence-corrected chi connectivity index (χ0v) is 28.4. The molecule has 9 nitrogen and oxygen atoms in total. The fourth-order valence-corrected chi connectivity index (χ4v) is 7.22. The van der Waals surface area contributed by atoms with Crippen molar-refractivity contribution in [3.8, 4) is 17.1 Å². The van der Waals surface area contributed by atoms with Gasteiger partial charge in [0, 0.05) is 23.7 Å². The zero-order valence-electron chi connectivity index (χ0n) is 27.5. The van der Waals surface area contributed by atoms with E-state index in [1.165, 1.54) is 50.1 Å². The molecule has 49 heavy (non-hydrogen) atoms. The van der Waals surface area contributed by atoms with Gasteiger partial charge in [0.2, 0.25) is 11.8 Å². The fraction of sp³-hybridized carbons (Fsp3) is 0.485. The first-order chi connectivity index (χ1) is 22.6. The quantitative estimate of drug-likeness (QED) is 0.260. The number of benzene rings is 2. The molecule has 0 radical (unpaired) electrons. The maximum absolute atomic E-state index is 14.5. The molecule has 0 spiro atoms. The Balaban J connectivity index is 1.70. The van der Waals surface area contributed by atoms with Crippen molar-refractivity contribution < 1.29 is 44.3 Å². The number of aromatic nitrogens is 2. The van der Waals surface area contributed by atoms with E-state index in [1.54, 1.807) is 0 Å². The number of sulfonamides is 1. The molecule has 1 aliphatic carbocycles. The lowest BCUT2D eigenvalue weighted by atomic mass is 9.92. The third-order valence-corrected chi connectivity index (χ3v) is 10.7. The summed E-state index contributed by atoms with van der Waals surface area (Å²) in [6.45, 7) is 5.39. The Morgan fingerprint density at radius 2 is 1.63 bits per heavy atom. The maximum Gasteiger partial charge on any atom is 0.394 e. The van der Waals surface area contributed by atoms with Crippen LogP contribution in [0.25, 0.3) is 11.3 Å². The predicted octanol–water partition coefficient (Wildman–Crippen LogP) is 7.12. The fourth-order valence-electron chi connectivity index (χ4n) is 6.23. The lowest BCUT2D eigenvalue weighted by Crippen LogP contribution is -2.63. The SMILES string of the molecule is Cc1cccc(C)c1-c1cc2nc(n1)NS(=O)(=O)c1cccc(c1)C(=O)N(C(C)(C)N(C)CCC(F)(F)F)[C@H](CC1(C(F)(F)F)CC1)CO2. The maximum atomic E-state index is 14.5. The number of fused-ring (bicyclic) bond motifs is 4. The minimum Gasteiger partial charge on any atom is -0.475 e. The molecule has 16 heteroatoms. The number of anilines is 1. The lowest BCUT2D eigenvalue weighted by molar-refractivity contribution is -0.195. The molecule has 2 heterocycles. The number of amides is 1. The van der Waals surface area contributed by atoms with Crippen LogP contribution in [0.5, 0.6) is 5.88 Å². The standard InChI is InChI=1S/C33H37F6N5O4S/c1-20-8-6-9-21(2)27(20)25-17-26-41-29(40-25)42-49(46,47)24-11-7-10-22(16-24)28(45)44(30(3,4)43(5)15-14-32(34,35)36)23(19-48-26)18-31(12-13-31)33(37,38)39/h6-11,16-17,23H,12-15,18-19H2,1-5H3,(H,40,41,42)/t23-/m1/s1. The van der Waals surface area contributed by atoms with Gasteiger partial charge in [0.05, 0.1) is 34.1 Å². The third kappa shape index (κ3) is 7.64. The van der Waals surface area contributed by atoms with Crippen LogP contribution in [0, 0.1) is 19.3 Å². The number of nitrogens with zero attached hydrogens (tertiary/aromatic N) is 4. The average Bonchev–Trinajstić information content (AvgIpc) is 3.78. The monoisotopic (exact) mass is 713 g/mol. The first-order valence-electron chi connectivity index (χ1n) is 15.5. The number of ether oxygens (including phenoxy) is 1. The summed E-state index contributed by atoms with van der Waals surface area (Å²) in [7, 11) is -3.09. The molecule has 2 aliphatic rings. The molecule has 1 N–H and O–H groups in total.